The number of rotatable bonds is 5. The molecule has 2 rings (SSSR count). The first kappa shape index (κ1) is 13.7. The number of hydrogen-bond donors (Lipinski definition) is 2. The van der Waals surface area contributed by atoms with Crippen molar-refractivity contribution in [1.82, 2.24) is 9.97 Å². The van der Waals surface area contributed by atoms with Gasteiger partial charge in [-0.25, -0.2) is 0 Å². The Morgan fingerprint density at radius 2 is 2.05 bits per heavy atom. The molecule has 1 amide bonds. The highest BCUT2D eigenvalue weighted by Crippen LogP contribution is 2.29. The number of aryl methyl sites for hydroxylation is 1. The van der Waals surface area contributed by atoms with E-state index >= 15 is 0 Å². The van der Waals surface area contributed by atoms with Crippen LogP contribution in [0.1, 0.15) is 22.5 Å². The van der Waals surface area contributed by atoms with Gasteiger partial charge in [0.15, 0.2) is 0 Å². The summed E-state index contributed by atoms with van der Waals surface area (Å²) in [5.41, 5.74) is 14.4. The van der Waals surface area contributed by atoms with Gasteiger partial charge in [0.1, 0.15) is 0 Å². The largest absolute Gasteiger partial charge is 0.397 e. The number of nitrogen functional groups attached to an aromatic ring is 1. The Balaban J connectivity index is 2.61. The third kappa shape index (κ3) is 2.66. The lowest BCUT2D eigenvalue weighted by Gasteiger charge is -2.12. The van der Waals surface area contributed by atoms with Crippen molar-refractivity contribution in [2.24, 2.45) is 5.73 Å². The summed E-state index contributed by atoms with van der Waals surface area (Å²) in [6, 6.07) is 3.50. The Kier molecular flexibility index (Phi) is 4.10. The molecule has 0 bridgehead atoms. The van der Waals surface area contributed by atoms with Crippen molar-refractivity contribution < 1.29 is 4.79 Å². The molecular weight excluding hydrogens is 252 g/mol. The molecule has 0 fully saturated rings. The molecule has 5 nitrogen and oxygen atoms in total. The number of aromatic nitrogens is 2. The highest BCUT2D eigenvalue weighted by atomic mass is 16.1. The van der Waals surface area contributed by atoms with Gasteiger partial charge in [0.05, 0.1) is 23.1 Å². The maximum atomic E-state index is 11.8. The minimum atomic E-state index is -0.511. The van der Waals surface area contributed by atoms with Crippen LogP contribution in [0.25, 0.3) is 11.1 Å². The number of nitrogens with zero attached hydrogens (tertiary/aromatic N) is 2. The van der Waals surface area contributed by atoms with Crippen molar-refractivity contribution in [2.45, 2.75) is 12.8 Å². The van der Waals surface area contributed by atoms with Crippen LogP contribution in [0.15, 0.2) is 43.4 Å². The number of anilines is 1. The summed E-state index contributed by atoms with van der Waals surface area (Å²) in [7, 11) is 0. The highest BCUT2D eigenvalue weighted by molar-refractivity contribution is 6.02. The third-order valence-electron chi connectivity index (χ3n) is 3.00. The minimum absolute atomic E-state index is 0.409. The van der Waals surface area contributed by atoms with Crippen molar-refractivity contribution >= 4 is 11.6 Å². The molecule has 0 atom stereocenters. The van der Waals surface area contributed by atoms with Gasteiger partial charge in [0.2, 0.25) is 0 Å². The summed E-state index contributed by atoms with van der Waals surface area (Å²) in [5, 5.41) is 0. The van der Waals surface area contributed by atoms with Crippen LogP contribution in [-0.2, 0) is 6.42 Å². The molecule has 0 spiro atoms. The molecule has 0 aromatic carbocycles. The summed E-state index contributed by atoms with van der Waals surface area (Å²) in [6.45, 7) is 3.67. The van der Waals surface area contributed by atoms with E-state index in [9.17, 15) is 4.79 Å². The Morgan fingerprint density at radius 3 is 2.70 bits per heavy atom. The molecule has 0 radical (unpaired) electrons. The van der Waals surface area contributed by atoms with Crippen LogP contribution in [0.5, 0.6) is 0 Å². The van der Waals surface area contributed by atoms with Gasteiger partial charge in [0, 0.05) is 18.0 Å². The number of primary amides is 1. The van der Waals surface area contributed by atoms with E-state index in [-0.39, 0.29) is 0 Å². The molecule has 0 aliphatic heterocycles. The zero-order valence-electron chi connectivity index (χ0n) is 11.0. The second-order valence-electron chi connectivity index (χ2n) is 4.33. The van der Waals surface area contributed by atoms with Crippen molar-refractivity contribution in [3.05, 3.63) is 54.6 Å². The van der Waals surface area contributed by atoms with Gasteiger partial charge in [-0.3, -0.25) is 14.8 Å². The standard InChI is InChI=1S/C15H16N4O/c1-2-3-4-13-14(15(17)20)11(6-8-19-13)10-5-7-18-9-12(10)16/h2,5-9H,1,3-4,16H2,(H2,17,20). The zero-order valence-corrected chi connectivity index (χ0v) is 11.0. The lowest BCUT2D eigenvalue weighted by atomic mass is 9.96. The lowest BCUT2D eigenvalue weighted by Crippen LogP contribution is -2.16. The number of allylic oxidation sites excluding steroid dienone is 1. The quantitative estimate of drug-likeness (QED) is 0.810. The number of amides is 1. The Morgan fingerprint density at radius 1 is 1.30 bits per heavy atom. The number of carbonyl (C=O) groups excluding carboxylic acids is 1. The smallest absolute Gasteiger partial charge is 0.251 e. The molecule has 0 unspecified atom stereocenters. The van der Waals surface area contributed by atoms with E-state index in [2.05, 4.69) is 16.5 Å². The molecule has 20 heavy (non-hydrogen) atoms. The average molecular weight is 268 g/mol. The van der Waals surface area contributed by atoms with Crippen LogP contribution in [0, 0.1) is 0 Å². The molecule has 0 saturated carbocycles. The summed E-state index contributed by atoms with van der Waals surface area (Å²) < 4.78 is 0. The van der Waals surface area contributed by atoms with Gasteiger partial charge >= 0.3 is 0 Å². The zero-order chi connectivity index (χ0) is 14.5. The lowest BCUT2D eigenvalue weighted by molar-refractivity contribution is 0.0999. The molecule has 4 N–H and O–H groups in total. The van der Waals surface area contributed by atoms with Gasteiger partial charge < -0.3 is 11.5 Å². The number of pyridine rings is 2. The van der Waals surface area contributed by atoms with Crippen LogP contribution in [0.4, 0.5) is 5.69 Å². The monoisotopic (exact) mass is 268 g/mol. The first-order chi connectivity index (χ1) is 9.65. The summed E-state index contributed by atoms with van der Waals surface area (Å²) in [6.07, 6.45) is 7.94. The Bertz CT molecular complexity index is 652. The predicted octanol–water partition coefficient (Wildman–Crippen LogP) is 1.94. The maximum absolute atomic E-state index is 11.8. The van der Waals surface area contributed by atoms with E-state index in [0.717, 1.165) is 12.0 Å². The van der Waals surface area contributed by atoms with Crippen molar-refractivity contribution in [3.63, 3.8) is 0 Å². The van der Waals surface area contributed by atoms with Gasteiger partial charge in [-0.2, -0.15) is 0 Å². The third-order valence-corrected chi connectivity index (χ3v) is 3.00. The van der Waals surface area contributed by atoms with Crippen molar-refractivity contribution in [1.29, 1.82) is 0 Å². The molecule has 5 heteroatoms. The van der Waals surface area contributed by atoms with Crippen molar-refractivity contribution in [3.8, 4) is 11.1 Å². The summed E-state index contributed by atoms with van der Waals surface area (Å²) in [4.78, 5) is 20.0. The first-order valence-electron chi connectivity index (χ1n) is 6.23. The number of carbonyl (C=O) groups is 1. The van der Waals surface area contributed by atoms with E-state index in [1.807, 2.05) is 0 Å². The molecule has 102 valence electrons. The van der Waals surface area contributed by atoms with E-state index in [1.165, 1.54) is 0 Å². The molecule has 2 aromatic heterocycles. The molecule has 0 aliphatic carbocycles. The average Bonchev–Trinajstić information content (AvgIpc) is 2.45. The van der Waals surface area contributed by atoms with E-state index in [4.69, 9.17) is 11.5 Å². The van der Waals surface area contributed by atoms with Crippen LogP contribution in [-0.4, -0.2) is 15.9 Å². The first-order valence-corrected chi connectivity index (χ1v) is 6.23. The predicted molar refractivity (Wildman–Crippen MR) is 78.9 cm³/mol. The van der Waals surface area contributed by atoms with E-state index < -0.39 is 5.91 Å². The van der Waals surface area contributed by atoms with Gasteiger partial charge in [-0.1, -0.05) is 6.08 Å². The molecule has 2 aromatic rings. The topological polar surface area (TPSA) is 94.9 Å². The fourth-order valence-electron chi connectivity index (χ4n) is 2.08. The number of hydrogen-bond acceptors (Lipinski definition) is 4. The molecule has 0 saturated heterocycles. The van der Waals surface area contributed by atoms with Crippen LogP contribution in [0.3, 0.4) is 0 Å². The normalized spacial score (nSPS) is 10.2. The minimum Gasteiger partial charge on any atom is -0.397 e. The second kappa shape index (κ2) is 5.97. The van der Waals surface area contributed by atoms with Gasteiger partial charge in [-0.15, -0.1) is 6.58 Å². The summed E-state index contributed by atoms with van der Waals surface area (Å²) >= 11 is 0. The summed E-state index contributed by atoms with van der Waals surface area (Å²) in [5.74, 6) is -0.511. The fraction of sp³-hybridized carbons (Fsp3) is 0.133. The highest BCUT2D eigenvalue weighted by Gasteiger charge is 2.17. The Labute approximate surface area is 117 Å². The van der Waals surface area contributed by atoms with Crippen LogP contribution >= 0.6 is 0 Å². The van der Waals surface area contributed by atoms with Crippen LogP contribution in [0.2, 0.25) is 0 Å². The SMILES string of the molecule is C=CCCc1nccc(-c2ccncc2N)c1C(N)=O. The van der Waals surface area contributed by atoms with Crippen molar-refractivity contribution in [2.75, 3.05) is 5.73 Å². The van der Waals surface area contributed by atoms with Crippen LogP contribution < -0.4 is 11.5 Å². The maximum Gasteiger partial charge on any atom is 0.251 e. The van der Waals surface area contributed by atoms with Gasteiger partial charge in [-0.05, 0) is 30.5 Å². The number of nitrogens with two attached hydrogens (primary N) is 2. The second-order valence-corrected chi connectivity index (χ2v) is 4.33. The molecular formula is C15H16N4O. The fourth-order valence-corrected chi connectivity index (χ4v) is 2.08. The van der Waals surface area contributed by atoms with E-state index in [0.29, 0.717) is 28.9 Å². The van der Waals surface area contributed by atoms with E-state index in [1.54, 1.807) is 36.8 Å². The molecule has 0 aliphatic rings. The Hall–Kier alpha value is -2.69. The molecule has 2 heterocycles. The van der Waals surface area contributed by atoms with Gasteiger partial charge in [0.25, 0.3) is 5.91 Å².